The van der Waals surface area contributed by atoms with Crippen LogP contribution in [0.2, 0.25) is 5.15 Å². The zero-order valence-corrected chi connectivity index (χ0v) is 10.5. The van der Waals surface area contributed by atoms with E-state index in [-0.39, 0.29) is 5.15 Å². The van der Waals surface area contributed by atoms with Crippen molar-refractivity contribution in [2.75, 3.05) is 14.1 Å². The van der Waals surface area contributed by atoms with Crippen molar-refractivity contribution in [3.05, 3.63) is 35.5 Å². The normalized spacial score (nSPS) is 12.5. The number of hydrogen-bond acceptors (Lipinski definition) is 2. The number of para-hydroxylation sites is 1. The van der Waals surface area contributed by atoms with Gasteiger partial charge in [-0.1, -0.05) is 29.8 Å². The van der Waals surface area contributed by atoms with E-state index in [1.807, 2.05) is 12.1 Å². The second-order valence-corrected chi connectivity index (χ2v) is 5.96. The fourth-order valence-corrected chi connectivity index (χ4v) is 2.98. The van der Waals surface area contributed by atoms with Gasteiger partial charge >= 0.3 is 10.2 Å². The second-order valence-electron chi connectivity index (χ2n) is 3.58. The Morgan fingerprint density at radius 3 is 2.50 bits per heavy atom. The predicted octanol–water partition coefficient (Wildman–Crippen LogP) is 1.95. The summed E-state index contributed by atoms with van der Waals surface area (Å²) in [6.45, 7) is 0. The van der Waals surface area contributed by atoms with E-state index < -0.39 is 10.2 Å². The van der Waals surface area contributed by atoms with Gasteiger partial charge in [0.05, 0.1) is 5.52 Å². The van der Waals surface area contributed by atoms with Gasteiger partial charge in [0.2, 0.25) is 0 Å². The summed E-state index contributed by atoms with van der Waals surface area (Å²) in [6.07, 6.45) is 0. The van der Waals surface area contributed by atoms with Crippen molar-refractivity contribution in [2.24, 2.45) is 0 Å². The van der Waals surface area contributed by atoms with E-state index in [1.54, 1.807) is 18.2 Å². The molecular weight excluding hydrogens is 248 g/mol. The molecule has 0 aliphatic rings. The van der Waals surface area contributed by atoms with Crippen LogP contribution in [0.1, 0.15) is 0 Å². The average Bonchev–Trinajstić information content (AvgIpc) is 2.53. The van der Waals surface area contributed by atoms with Crippen LogP contribution in [0.3, 0.4) is 0 Å². The lowest BCUT2D eigenvalue weighted by molar-refractivity contribution is 0.512. The number of hydrogen-bond donors (Lipinski definition) is 0. The van der Waals surface area contributed by atoms with Gasteiger partial charge in [-0.2, -0.15) is 12.7 Å². The van der Waals surface area contributed by atoms with Crippen molar-refractivity contribution >= 4 is 32.7 Å². The molecule has 0 N–H and O–H groups in total. The fraction of sp³-hybridized carbons (Fsp3) is 0.200. The first-order chi connectivity index (χ1) is 7.44. The highest BCUT2D eigenvalue weighted by Gasteiger charge is 2.21. The first-order valence-electron chi connectivity index (χ1n) is 4.63. The van der Waals surface area contributed by atoms with Crippen LogP contribution in [0, 0.1) is 0 Å². The van der Waals surface area contributed by atoms with Crippen LogP contribution in [0.15, 0.2) is 30.3 Å². The van der Waals surface area contributed by atoms with Crippen LogP contribution >= 0.6 is 11.6 Å². The van der Waals surface area contributed by atoms with Gasteiger partial charge in [-0.3, -0.25) is 0 Å². The Balaban J connectivity index is 2.84. The average molecular weight is 259 g/mol. The zero-order chi connectivity index (χ0) is 11.9. The molecule has 0 radical (unpaired) electrons. The minimum Gasteiger partial charge on any atom is -0.214 e. The lowest BCUT2D eigenvalue weighted by atomic mass is 10.3. The molecule has 1 aromatic heterocycles. The van der Waals surface area contributed by atoms with Crippen LogP contribution in [0.5, 0.6) is 0 Å². The van der Waals surface area contributed by atoms with Crippen molar-refractivity contribution < 1.29 is 8.42 Å². The van der Waals surface area contributed by atoms with Crippen LogP contribution in [-0.4, -0.2) is 30.8 Å². The third-order valence-corrected chi connectivity index (χ3v) is 4.47. The van der Waals surface area contributed by atoms with Gasteiger partial charge in [-0.05, 0) is 12.1 Å². The molecule has 0 spiro atoms. The summed E-state index contributed by atoms with van der Waals surface area (Å²) < 4.78 is 26.3. The number of benzene rings is 1. The molecule has 2 rings (SSSR count). The monoisotopic (exact) mass is 258 g/mol. The first kappa shape index (κ1) is 11.4. The van der Waals surface area contributed by atoms with E-state index in [9.17, 15) is 8.42 Å². The van der Waals surface area contributed by atoms with Crippen LogP contribution < -0.4 is 0 Å². The van der Waals surface area contributed by atoms with E-state index in [1.165, 1.54) is 14.1 Å². The van der Waals surface area contributed by atoms with E-state index in [4.69, 9.17) is 11.6 Å². The highest BCUT2D eigenvalue weighted by atomic mass is 35.5. The predicted molar refractivity (Wildman–Crippen MR) is 65.0 cm³/mol. The maximum absolute atomic E-state index is 12.0. The number of halogens is 1. The molecule has 1 aromatic carbocycles. The summed E-state index contributed by atoms with van der Waals surface area (Å²) in [5.41, 5.74) is 0.584. The molecule has 86 valence electrons. The lowest BCUT2D eigenvalue weighted by Gasteiger charge is -2.14. The summed E-state index contributed by atoms with van der Waals surface area (Å²) in [6, 6.07) is 8.80. The van der Waals surface area contributed by atoms with Crippen molar-refractivity contribution in [1.29, 1.82) is 0 Å². The van der Waals surface area contributed by atoms with Crippen LogP contribution in [0.25, 0.3) is 10.9 Å². The molecule has 0 unspecified atom stereocenters. The Bertz CT molecular complexity index is 631. The Kier molecular flexibility index (Phi) is 2.69. The van der Waals surface area contributed by atoms with Gasteiger partial charge in [-0.15, -0.1) is 0 Å². The van der Waals surface area contributed by atoms with Gasteiger partial charge in [-0.25, -0.2) is 3.97 Å². The molecule has 6 heteroatoms. The molecule has 0 saturated carbocycles. The Hall–Kier alpha value is -1.04. The van der Waals surface area contributed by atoms with Crippen molar-refractivity contribution in [3.8, 4) is 0 Å². The SMILES string of the molecule is CN(C)S(=O)(=O)n1c(Cl)cc2ccccc21. The number of aromatic nitrogens is 1. The maximum Gasteiger partial charge on any atom is 0.308 e. The molecule has 0 aliphatic heterocycles. The van der Waals surface area contributed by atoms with Crippen LogP contribution in [-0.2, 0) is 10.2 Å². The molecule has 0 amide bonds. The molecule has 1 heterocycles. The van der Waals surface area contributed by atoms with Crippen molar-refractivity contribution in [3.63, 3.8) is 0 Å². The summed E-state index contributed by atoms with van der Waals surface area (Å²) in [7, 11) is -0.627. The number of nitrogens with zero attached hydrogens (tertiary/aromatic N) is 2. The fourth-order valence-electron chi connectivity index (χ4n) is 1.49. The third kappa shape index (κ3) is 1.61. The van der Waals surface area contributed by atoms with Gasteiger partial charge in [0, 0.05) is 19.5 Å². The van der Waals surface area contributed by atoms with Gasteiger partial charge in [0.25, 0.3) is 0 Å². The maximum atomic E-state index is 12.0. The Morgan fingerprint density at radius 2 is 1.88 bits per heavy atom. The lowest BCUT2D eigenvalue weighted by Crippen LogP contribution is -2.28. The molecule has 0 saturated heterocycles. The molecule has 0 aliphatic carbocycles. The van der Waals surface area contributed by atoms with E-state index >= 15 is 0 Å². The quantitative estimate of drug-likeness (QED) is 0.826. The molecular formula is C10H11ClN2O2S. The van der Waals surface area contributed by atoms with Crippen LogP contribution in [0.4, 0.5) is 0 Å². The highest BCUT2D eigenvalue weighted by Crippen LogP contribution is 2.25. The van der Waals surface area contributed by atoms with E-state index in [0.717, 1.165) is 13.7 Å². The topological polar surface area (TPSA) is 42.3 Å². The Labute approximate surface area is 99.2 Å². The molecule has 0 fully saturated rings. The molecule has 16 heavy (non-hydrogen) atoms. The number of fused-ring (bicyclic) bond motifs is 1. The van der Waals surface area contributed by atoms with Gasteiger partial charge in [0.1, 0.15) is 5.15 Å². The molecule has 4 nitrogen and oxygen atoms in total. The van der Waals surface area contributed by atoms with Gasteiger partial charge in [0.15, 0.2) is 0 Å². The summed E-state index contributed by atoms with van der Waals surface area (Å²) in [5, 5.41) is 0.993. The largest absolute Gasteiger partial charge is 0.308 e. The smallest absolute Gasteiger partial charge is 0.214 e. The van der Waals surface area contributed by atoms with Crippen molar-refractivity contribution in [2.45, 2.75) is 0 Å². The first-order valence-corrected chi connectivity index (χ1v) is 6.41. The summed E-state index contributed by atoms with van der Waals surface area (Å²) in [5.74, 6) is 0. The Morgan fingerprint density at radius 1 is 1.25 bits per heavy atom. The van der Waals surface area contributed by atoms with Gasteiger partial charge < -0.3 is 0 Å². The van der Waals surface area contributed by atoms with E-state index in [2.05, 4.69) is 0 Å². The third-order valence-electron chi connectivity index (χ3n) is 2.32. The highest BCUT2D eigenvalue weighted by molar-refractivity contribution is 7.87. The van der Waals surface area contributed by atoms with Crippen molar-refractivity contribution in [1.82, 2.24) is 8.28 Å². The zero-order valence-electron chi connectivity index (χ0n) is 8.88. The molecule has 2 aromatic rings. The summed E-state index contributed by atoms with van der Waals surface area (Å²) >= 11 is 5.95. The minimum atomic E-state index is -3.57. The van der Waals surface area contributed by atoms with E-state index in [0.29, 0.717) is 5.52 Å². The molecule has 0 atom stereocenters. The minimum absolute atomic E-state index is 0.190. The molecule has 0 bridgehead atoms. The standard InChI is InChI=1S/C10H11ClN2O2S/c1-12(2)16(14,15)13-9-6-4-3-5-8(9)7-10(13)11/h3-7H,1-2H3. The summed E-state index contributed by atoms with van der Waals surface area (Å²) in [4.78, 5) is 0. The second kappa shape index (κ2) is 3.76. The number of rotatable bonds is 2.